The largest absolute Gasteiger partial charge is 0.466 e. The molecule has 14 heavy (non-hydrogen) atoms. The molecule has 0 saturated carbocycles. The topological polar surface area (TPSA) is 29.5 Å². The van der Waals surface area contributed by atoms with Crippen LogP contribution in [-0.4, -0.2) is 48.1 Å². The zero-order valence-corrected chi connectivity index (χ0v) is 9.81. The third-order valence-electron chi connectivity index (χ3n) is 2.41. The van der Waals surface area contributed by atoms with Crippen LogP contribution >= 0.6 is 11.8 Å². The Morgan fingerprint density at radius 1 is 1.64 bits per heavy atom. The Morgan fingerprint density at radius 2 is 2.43 bits per heavy atom. The van der Waals surface area contributed by atoms with Crippen molar-refractivity contribution in [2.24, 2.45) is 0 Å². The van der Waals surface area contributed by atoms with E-state index in [1.807, 2.05) is 18.7 Å². The van der Waals surface area contributed by atoms with Gasteiger partial charge in [0, 0.05) is 30.6 Å². The van der Waals surface area contributed by atoms with Gasteiger partial charge >= 0.3 is 5.97 Å². The molecule has 0 spiro atoms. The molecule has 4 heteroatoms. The Kier molecular flexibility index (Phi) is 5.33. The van der Waals surface area contributed by atoms with E-state index in [9.17, 15) is 4.79 Å². The maximum atomic E-state index is 11.1. The summed E-state index contributed by atoms with van der Waals surface area (Å²) in [5.74, 6) is 2.30. The first-order chi connectivity index (χ1) is 6.74. The summed E-state index contributed by atoms with van der Waals surface area (Å²) in [6.45, 7) is 6.51. The summed E-state index contributed by atoms with van der Waals surface area (Å²) in [4.78, 5) is 13.5. The molecule has 0 aliphatic carbocycles. The van der Waals surface area contributed by atoms with Crippen molar-refractivity contribution in [1.82, 2.24) is 4.90 Å². The first-order valence-electron chi connectivity index (χ1n) is 5.21. The van der Waals surface area contributed by atoms with Crippen LogP contribution in [0.1, 0.15) is 20.3 Å². The predicted molar refractivity (Wildman–Crippen MR) is 59.6 cm³/mol. The monoisotopic (exact) mass is 217 g/mol. The van der Waals surface area contributed by atoms with E-state index in [1.165, 1.54) is 11.5 Å². The van der Waals surface area contributed by atoms with Crippen molar-refractivity contribution in [1.29, 1.82) is 0 Å². The molecule has 3 nitrogen and oxygen atoms in total. The van der Waals surface area contributed by atoms with E-state index in [0.717, 1.165) is 13.1 Å². The fourth-order valence-corrected chi connectivity index (χ4v) is 2.64. The fourth-order valence-electron chi connectivity index (χ4n) is 1.56. The van der Waals surface area contributed by atoms with E-state index >= 15 is 0 Å². The second-order valence-electron chi connectivity index (χ2n) is 3.51. The number of thioether (sulfide) groups is 1. The maximum absolute atomic E-state index is 11.1. The minimum absolute atomic E-state index is 0.0714. The van der Waals surface area contributed by atoms with Crippen LogP contribution < -0.4 is 0 Å². The van der Waals surface area contributed by atoms with Gasteiger partial charge in [-0.05, 0) is 13.8 Å². The van der Waals surface area contributed by atoms with E-state index in [0.29, 0.717) is 19.1 Å². The van der Waals surface area contributed by atoms with Gasteiger partial charge in [-0.1, -0.05) is 0 Å². The van der Waals surface area contributed by atoms with Crippen LogP contribution in [0.25, 0.3) is 0 Å². The highest BCUT2D eigenvalue weighted by Gasteiger charge is 2.18. The molecule has 82 valence electrons. The molecule has 1 aliphatic heterocycles. The van der Waals surface area contributed by atoms with Crippen LogP contribution in [0.5, 0.6) is 0 Å². The van der Waals surface area contributed by atoms with E-state index in [4.69, 9.17) is 4.74 Å². The Hall–Kier alpha value is -0.220. The Bertz CT molecular complexity index is 187. The van der Waals surface area contributed by atoms with Gasteiger partial charge in [0.2, 0.25) is 0 Å². The second kappa shape index (κ2) is 6.30. The Morgan fingerprint density at radius 3 is 3.07 bits per heavy atom. The molecular formula is C10H19NO2S. The lowest BCUT2D eigenvalue weighted by atomic mass is 10.3. The molecule has 1 saturated heterocycles. The van der Waals surface area contributed by atoms with Crippen LogP contribution in [0.3, 0.4) is 0 Å². The van der Waals surface area contributed by atoms with Gasteiger partial charge in [0.15, 0.2) is 0 Å². The van der Waals surface area contributed by atoms with Gasteiger partial charge in [0.25, 0.3) is 0 Å². The van der Waals surface area contributed by atoms with Crippen molar-refractivity contribution in [3.8, 4) is 0 Å². The summed E-state index contributed by atoms with van der Waals surface area (Å²) in [6, 6.07) is 0.600. The Labute approximate surface area is 90.2 Å². The van der Waals surface area contributed by atoms with Crippen molar-refractivity contribution in [2.75, 3.05) is 31.2 Å². The lowest BCUT2D eigenvalue weighted by Crippen LogP contribution is -2.41. The smallest absolute Gasteiger partial charge is 0.307 e. The number of hydrogen-bond donors (Lipinski definition) is 0. The molecule has 1 rings (SSSR count). The van der Waals surface area contributed by atoms with Crippen molar-refractivity contribution in [3.05, 3.63) is 0 Å². The summed E-state index contributed by atoms with van der Waals surface area (Å²) in [6.07, 6.45) is 0.531. The van der Waals surface area contributed by atoms with Gasteiger partial charge in [0.1, 0.15) is 0 Å². The quantitative estimate of drug-likeness (QED) is 0.665. The van der Waals surface area contributed by atoms with E-state index in [-0.39, 0.29) is 5.97 Å². The van der Waals surface area contributed by atoms with Crippen LogP contribution in [0.4, 0.5) is 0 Å². The minimum atomic E-state index is -0.0714. The normalized spacial score (nSPS) is 23.4. The highest BCUT2D eigenvalue weighted by molar-refractivity contribution is 7.99. The van der Waals surface area contributed by atoms with Crippen LogP contribution in [-0.2, 0) is 9.53 Å². The van der Waals surface area contributed by atoms with Gasteiger partial charge in [-0.15, -0.1) is 0 Å². The summed E-state index contributed by atoms with van der Waals surface area (Å²) in [5, 5.41) is 0. The summed E-state index contributed by atoms with van der Waals surface area (Å²) >= 11 is 1.99. The average molecular weight is 217 g/mol. The third kappa shape index (κ3) is 3.88. The highest BCUT2D eigenvalue weighted by Crippen LogP contribution is 2.15. The lowest BCUT2D eigenvalue weighted by Gasteiger charge is -2.32. The summed E-state index contributed by atoms with van der Waals surface area (Å²) in [7, 11) is 0. The number of nitrogens with zero attached hydrogens (tertiary/aromatic N) is 1. The van der Waals surface area contributed by atoms with Crippen molar-refractivity contribution in [2.45, 2.75) is 26.3 Å². The van der Waals surface area contributed by atoms with Crippen molar-refractivity contribution < 1.29 is 9.53 Å². The van der Waals surface area contributed by atoms with E-state index in [2.05, 4.69) is 11.8 Å². The highest BCUT2D eigenvalue weighted by atomic mass is 32.2. The van der Waals surface area contributed by atoms with E-state index in [1.54, 1.807) is 0 Å². The molecule has 0 amide bonds. The lowest BCUT2D eigenvalue weighted by molar-refractivity contribution is -0.143. The second-order valence-corrected chi connectivity index (χ2v) is 4.66. The predicted octanol–water partition coefficient (Wildman–Crippen LogP) is 1.38. The van der Waals surface area contributed by atoms with E-state index < -0.39 is 0 Å². The number of esters is 1. The summed E-state index contributed by atoms with van der Waals surface area (Å²) < 4.78 is 4.90. The minimum Gasteiger partial charge on any atom is -0.466 e. The van der Waals surface area contributed by atoms with Crippen LogP contribution in [0, 0.1) is 0 Å². The fraction of sp³-hybridized carbons (Fsp3) is 0.900. The molecule has 0 aromatic carbocycles. The number of carbonyl (C=O) groups is 1. The van der Waals surface area contributed by atoms with Gasteiger partial charge in [0.05, 0.1) is 13.0 Å². The maximum Gasteiger partial charge on any atom is 0.307 e. The standard InChI is InChI=1S/C10H19NO2S/c1-3-13-10(12)4-5-11-6-7-14-8-9(11)2/h9H,3-8H2,1-2H3/t9-/m1/s1. The van der Waals surface area contributed by atoms with Gasteiger partial charge in [-0.2, -0.15) is 11.8 Å². The molecule has 0 N–H and O–H groups in total. The first kappa shape index (κ1) is 11.9. The first-order valence-corrected chi connectivity index (χ1v) is 6.37. The van der Waals surface area contributed by atoms with Crippen LogP contribution in [0.2, 0.25) is 0 Å². The molecular weight excluding hydrogens is 198 g/mol. The zero-order valence-electron chi connectivity index (χ0n) is 8.99. The number of ether oxygens (including phenoxy) is 1. The molecule has 1 fully saturated rings. The molecule has 0 aromatic rings. The Balaban J connectivity index is 2.19. The van der Waals surface area contributed by atoms with Crippen LogP contribution in [0.15, 0.2) is 0 Å². The molecule has 1 atom stereocenters. The van der Waals surface area contributed by atoms with Crippen molar-refractivity contribution in [3.63, 3.8) is 0 Å². The van der Waals surface area contributed by atoms with Crippen molar-refractivity contribution >= 4 is 17.7 Å². The van der Waals surface area contributed by atoms with Gasteiger partial charge < -0.3 is 4.74 Å². The third-order valence-corrected chi connectivity index (χ3v) is 3.60. The molecule has 0 radical (unpaired) electrons. The average Bonchev–Trinajstić information content (AvgIpc) is 2.17. The number of hydrogen-bond acceptors (Lipinski definition) is 4. The molecule has 0 unspecified atom stereocenters. The number of rotatable bonds is 4. The van der Waals surface area contributed by atoms with Gasteiger partial charge in [-0.25, -0.2) is 0 Å². The zero-order chi connectivity index (χ0) is 10.4. The molecule has 0 bridgehead atoms. The molecule has 0 aromatic heterocycles. The van der Waals surface area contributed by atoms with Gasteiger partial charge in [-0.3, -0.25) is 9.69 Å². The molecule has 1 heterocycles. The SMILES string of the molecule is CCOC(=O)CCN1CCSC[C@H]1C. The molecule has 1 aliphatic rings. The summed E-state index contributed by atoms with van der Waals surface area (Å²) in [5.41, 5.74) is 0. The number of carbonyl (C=O) groups excluding carboxylic acids is 1.